The molecule has 2 fully saturated rings. The molecule has 2 aromatic rings. The molecule has 4 heterocycles. The molecule has 4 aliphatic rings. The first kappa shape index (κ1) is 60.1. The van der Waals surface area contributed by atoms with Gasteiger partial charge in [0.1, 0.15) is 23.3 Å². The lowest BCUT2D eigenvalue weighted by Gasteiger charge is -2.28. The molecule has 0 aliphatic carbocycles. The van der Waals surface area contributed by atoms with Crippen molar-refractivity contribution in [3.63, 3.8) is 0 Å². The van der Waals surface area contributed by atoms with Crippen LogP contribution < -0.4 is 0 Å². The van der Waals surface area contributed by atoms with Gasteiger partial charge in [0.05, 0.1) is 44.5 Å². The number of carboxylic acids is 1. The van der Waals surface area contributed by atoms with Gasteiger partial charge in [0.15, 0.2) is 11.2 Å². The summed E-state index contributed by atoms with van der Waals surface area (Å²) in [5.74, 6) is -4.46. The number of likely N-dealkylation sites (tertiary alicyclic amines) is 2. The molecule has 4 aliphatic heterocycles. The summed E-state index contributed by atoms with van der Waals surface area (Å²) in [6.07, 6.45) is 12.7. The molecular formula is C57H76Cl2N4O12. The fourth-order valence-electron chi connectivity index (χ4n) is 9.98. The van der Waals surface area contributed by atoms with Crippen LogP contribution in [0, 0.1) is 11.8 Å². The highest BCUT2D eigenvalue weighted by Gasteiger charge is 2.56. The third-order valence-electron chi connectivity index (χ3n) is 13.4. The number of esters is 3. The number of ether oxygens (including phenoxy) is 3. The van der Waals surface area contributed by atoms with Crippen LogP contribution in [0.25, 0.3) is 0 Å². The van der Waals surface area contributed by atoms with Gasteiger partial charge in [-0.25, -0.2) is 9.59 Å². The van der Waals surface area contributed by atoms with Crippen LogP contribution in [0.5, 0.6) is 0 Å². The second kappa shape index (κ2) is 26.8. The minimum absolute atomic E-state index is 0.0555. The predicted molar refractivity (Wildman–Crippen MR) is 287 cm³/mol. The highest BCUT2D eigenvalue weighted by atomic mass is 35.5. The van der Waals surface area contributed by atoms with Crippen LogP contribution >= 0.6 is 23.2 Å². The molecule has 2 saturated heterocycles. The van der Waals surface area contributed by atoms with E-state index in [2.05, 4.69) is 23.5 Å². The zero-order valence-corrected chi connectivity index (χ0v) is 46.2. The fourth-order valence-corrected chi connectivity index (χ4v) is 10.4. The Bertz CT molecular complexity index is 2450. The number of carboxylic acid groups (broad SMARTS) is 1. The molecule has 16 nitrogen and oxygen atoms in total. The van der Waals surface area contributed by atoms with Crippen LogP contribution in [0.4, 0.5) is 0 Å². The molecule has 0 radical (unpaired) electrons. The first-order valence-electron chi connectivity index (χ1n) is 26.0. The van der Waals surface area contributed by atoms with Crippen molar-refractivity contribution in [3.8, 4) is 0 Å². The van der Waals surface area contributed by atoms with Gasteiger partial charge in [0.2, 0.25) is 11.8 Å². The van der Waals surface area contributed by atoms with Gasteiger partial charge in [-0.05, 0) is 104 Å². The van der Waals surface area contributed by atoms with Crippen molar-refractivity contribution >= 4 is 70.3 Å². The topological polar surface area (TPSA) is 200 Å². The Balaban J connectivity index is 0.000000277. The van der Waals surface area contributed by atoms with E-state index in [-0.39, 0.29) is 50.6 Å². The average Bonchev–Trinajstić information content (AvgIpc) is 4.14. The Morgan fingerprint density at radius 3 is 1.48 bits per heavy atom. The number of hydrogen-bond acceptors (Lipinski definition) is 13. The first-order chi connectivity index (χ1) is 35.4. The van der Waals surface area contributed by atoms with Gasteiger partial charge in [0.25, 0.3) is 0 Å². The first-order valence-corrected chi connectivity index (χ1v) is 26.7. The number of unbranched alkanes of at least 4 members (excludes halogenated alkanes) is 6. The van der Waals surface area contributed by atoms with E-state index in [0.29, 0.717) is 47.2 Å². The van der Waals surface area contributed by atoms with Gasteiger partial charge in [-0.3, -0.25) is 19.2 Å². The Hall–Kier alpha value is -5.74. The SMILES string of the molecule is C=CCCCCC[C@H](CC(=O)OC(C)(C)C)C(=O)N1C[C@@]2(CC(c3cccc(Cl)c3)=NO2)C[C@H]1C(=O)O.C=CCCCCC[C@H](CC(=O)OC(C)(C)C)C(=O)N1C[C@@]2(CC(c3cccc(Cl)c3)=NO2)C[C@H]1C(=O)OC. The predicted octanol–water partition coefficient (Wildman–Crippen LogP) is 10.8. The summed E-state index contributed by atoms with van der Waals surface area (Å²) in [7, 11) is 1.30. The zero-order chi connectivity index (χ0) is 55.1. The Labute approximate surface area is 452 Å². The largest absolute Gasteiger partial charge is 0.480 e. The quantitative estimate of drug-likeness (QED) is 0.0507. The summed E-state index contributed by atoms with van der Waals surface area (Å²) in [6, 6.07) is 12.6. The van der Waals surface area contributed by atoms with Crippen molar-refractivity contribution in [3.05, 3.63) is 95.0 Å². The number of oxime groups is 2. The third-order valence-corrected chi connectivity index (χ3v) is 13.9. The summed E-state index contributed by atoms with van der Waals surface area (Å²) in [5, 5.41) is 19.6. The number of halogens is 2. The number of carbonyl (C=O) groups is 6. The van der Waals surface area contributed by atoms with Crippen molar-refractivity contribution in [2.24, 2.45) is 22.1 Å². The van der Waals surface area contributed by atoms with Crippen LogP contribution in [0.15, 0.2) is 84.2 Å². The van der Waals surface area contributed by atoms with E-state index in [1.807, 2.05) is 42.5 Å². The van der Waals surface area contributed by atoms with E-state index < -0.39 is 70.2 Å². The van der Waals surface area contributed by atoms with Gasteiger partial charge in [0, 0.05) is 58.7 Å². The Morgan fingerprint density at radius 2 is 1.11 bits per heavy atom. The highest BCUT2D eigenvalue weighted by molar-refractivity contribution is 6.31. The van der Waals surface area contributed by atoms with Gasteiger partial charge < -0.3 is 38.8 Å². The lowest BCUT2D eigenvalue weighted by atomic mass is 9.92. The molecule has 75 heavy (non-hydrogen) atoms. The molecule has 2 amide bonds. The third kappa shape index (κ3) is 17.7. The molecule has 6 atom stereocenters. The van der Waals surface area contributed by atoms with Crippen LogP contribution in [0.3, 0.4) is 0 Å². The molecule has 410 valence electrons. The molecule has 0 aromatic heterocycles. The summed E-state index contributed by atoms with van der Waals surface area (Å²) in [6.45, 7) is 18.4. The number of hydrogen-bond donors (Lipinski definition) is 1. The highest BCUT2D eigenvalue weighted by Crippen LogP contribution is 2.42. The molecule has 2 aromatic carbocycles. The van der Waals surface area contributed by atoms with Crippen molar-refractivity contribution in [1.82, 2.24) is 9.80 Å². The standard InChI is InChI=1S/C29H39ClN2O6.C28H37ClN2O6/c1-6-7-8-9-10-12-21(16-25(33)37-28(2,3)4)26(34)32-19-29(18-24(32)27(35)36-5)17-23(31-38-29)20-13-11-14-22(30)15-20;1-5-6-7-8-9-11-20(15-24(32)36-27(2,3)4)25(33)31-18-28(17-23(31)26(34)35)16-22(30-37-28)19-12-10-13-21(29)14-19/h6,11,13-15,21,24H,1,7-10,12,16-19H2,2-5H3;5,10,12-14,20,23H,1,6-9,11,15-18H2,2-4H3,(H,34,35)/t21-,24+,29-;20-,23+,28-/m11/s1. The normalized spacial score (nSPS) is 21.7. The van der Waals surface area contributed by atoms with Crippen LogP contribution in [-0.4, -0.2) is 117 Å². The Morgan fingerprint density at radius 1 is 0.693 bits per heavy atom. The number of rotatable bonds is 22. The number of amides is 2. The molecule has 6 rings (SSSR count). The number of carbonyl (C=O) groups excluding carboxylic acids is 5. The fraction of sp³-hybridized carbons (Fsp3) is 0.579. The lowest BCUT2D eigenvalue weighted by molar-refractivity contribution is -0.160. The second-order valence-corrected chi connectivity index (χ2v) is 22.9. The molecule has 0 unspecified atom stereocenters. The Kier molecular flexibility index (Phi) is 21.5. The minimum atomic E-state index is -1.10. The average molecular weight is 1080 g/mol. The number of methoxy groups -OCH3 is 1. The molecule has 2 spiro atoms. The van der Waals surface area contributed by atoms with Gasteiger partial charge in [-0.15, -0.1) is 13.2 Å². The van der Waals surface area contributed by atoms with Gasteiger partial charge >= 0.3 is 23.9 Å². The van der Waals surface area contributed by atoms with E-state index in [9.17, 15) is 33.9 Å². The lowest BCUT2D eigenvalue weighted by Crippen LogP contribution is -2.45. The molecular weight excluding hydrogens is 1000 g/mol. The van der Waals surface area contributed by atoms with Crippen LogP contribution in [0.1, 0.15) is 155 Å². The maximum atomic E-state index is 13.9. The zero-order valence-electron chi connectivity index (χ0n) is 44.7. The van der Waals surface area contributed by atoms with E-state index >= 15 is 0 Å². The number of nitrogens with zero attached hydrogens (tertiary/aromatic N) is 4. The number of benzene rings is 2. The van der Waals surface area contributed by atoms with E-state index in [1.54, 1.807) is 59.7 Å². The van der Waals surface area contributed by atoms with Crippen LogP contribution in [-0.2, 0) is 52.7 Å². The van der Waals surface area contributed by atoms with E-state index in [4.69, 9.17) is 47.1 Å². The maximum Gasteiger partial charge on any atom is 0.328 e. The van der Waals surface area contributed by atoms with Gasteiger partial charge in [-0.1, -0.05) is 95.6 Å². The van der Waals surface area contributed by atoms with Crippen molar-refractivity contribution in [1.29, 1.82) is 0 Å². The van der Waals surface area contributed by atoms with Crippen molar-refractivity contribution in [2.75, 3.05) is 20.2 Å². The van der Waals surface area contributed by atoms with Gasteiger partial charge in [-0.2, -0.15) is 0 Å². The summed E-state index contributed by atoms with van der Waals surface area (Å²) in [5.41, 5.74) is -0.136. The number of aliphatic carboxylic acids is 1. The molecule has 1 N–H and O–H groups in total. The second-order valence-electron chi connectivity index (χ2n) is 22.1. The summed E-state index contributed by atoms with van der Waals surface area (Å²) < 4.78 is 16.0. The van der Waals surface area contributed by atoms with Crippen LogP contribution in [0.2, 0.25) is 10.0 Å². The molecule has 18 heteroatoms. The smallest absolute Gasteiger partial charge is 0.328 e. The van der Waals surface area contributed by atoms with Crippen molar-refractivity contribution in [2.45, 2.75) is 179 Å². The summed E-state index contributed by atoms with van der Waals surface area (Å²) in [4.78, 5) is 92.6. The maximum absolute atomic E-state index is 13.9. The van der Waals surface area contributed by atoms with Crippen molar-refractivity contribution < 1.29 is 57.8 Å². The molecule has 0 bridgehead atoms. The minimum Gasteiger partial charge on any atom is -0.480 e. The number of allylic oxidation sites excluding steroid dienone is 2. The van der Waals surface area contributed by atoms with E-state index in [0.717, 1.165) is 62.5 Å². The molecule has 0 saturated carbocycles. The summed E-state index contributed by atoms with van der Waals surface area (Å²) >= 11 is 12.3. The van der Waals surface area contributed by atoms with E-state index in [1.165, 1.54) is 16.9 Å². The monoisotopic (exact) mass is 1080 g/mol.